The first kappa shape index (κ1) is 3.65. The van der Waals surface area contributed by atoms with E-state index in [1.54, 1.807) is 0 Å². The van der Waals surface area contributed by atoms with Crippen LogP contribution in [0.4, 0.5) is 0 Å². The van der Waals surface area contributed by atoms with Gasteiger partial charge in [-0.15, -0.1) is 0 Å². The van der Waals surface area contributed by atoms with Crippen LogP contribution in [0.2, 0.25) is 0 Å². The Morgan fingerprint density at radius 3 is 3.30 bits per heavy atom. The number of nitrogens with zero attached hydrogens (tertiary/aromatic N) is 2. The second-order valence-corrected chi connectivity index (χ2v) is 1.48. The SMILES string of the molecule is [2H]C([2H])([2H])OC(=O)c1cnccn1. The van der Waals surface area contributed by atoms with Crippen molar-refractivity contribution in [2.24, 2.45) is 0 Å². The largest absolute Gasteiger partial charge is 0.464 e. The minimum atomic E-state index is -2.74. The Hall–Kier alpha value is -1.45. The number of methoxy groups -OCH3 is 1. The molecule has 1 aromatic heterocycles. The van der Waals surface area contributed by atoms with Gasteiger partial charge in [0.1, 0.15) is 0 Å². The van der Waals surface area contributed by atoms with E-state index in [2.05, 4.69) is 14.7 Å². The van der Waals surface area contributed by atoms with E-state index < -0.39 is 13.0 Å². The summed E-state index contributed by atoms with van der Waals surface area (Å²) in [6, 6.07) is 0. The predicted molar refractivity (Wildman–Crippen MR) is 33.4 cm³/mol. The minimum absolute atomic E-state index is 0.126. The molecule has 1 rings (SSSR count). The van der Waals surface area contributed by atoms with E-state index in [9.17, 15) is 4.79 Å². The molecule has 52 valence electrons. The highest BCUT2D eigenvalue weighted by Crippen LogP contribution is 1.91. The van der Waals surface area contributed by atoms with Crippen molar-refractivity contribution in [1.29, 1.82) is 0 Å². The highest BCUT2D eigenvalue weighted by molar-refractivity contribution is 5.86. The van der Waals surface area contributed by atoms with Crippen molar-refractivity contribution in [3.05, 3.63) is 24.3 Å². The van der Waals surface area contributed by atoms with Gasteiger partial charge in [-0.3, -0.25) is 4.98 Å². The fourth-order valence-electron chi connectivity index (χ4n) is 0.457. The van der Waals surface area contributed by atoms with Gasteiger partial charge in [-0.25, -0.2) is 9.78 Å². The van der Waals surface area contributed by atoms with Crippen LogP contribution in [0, 0.1) is 0 Å². The van der Waals surface area contributed by atoms with Crippen molar-refractivity contribution < 1.29 is 13.6 Å². The third-order valence-corrected chi connectivity index (χ3v) is 0.865. The van der Waals surface area contributed by atoms with Crippen LogP contribution in [0.15, 0.2) is 18.6 Å². The molecular formula is C6H6N2O2. The molecule has 0 N–H and O–H groups in total. The molecule has 0 fully saturated rings. The van der Waals surface area contributed by atoms with Crippen LogP contribution >= 0.6 is 0 Å². The summed E-state index contributed by atoms with van der Waals surface area (Å²) in [6.07, 6.45) is 3.77. The van der Waals surface area contributed by atoms with Crippen molar-refractivity contribution in [3.8, 4) is 0 Å². The zero-order chi connectivity index (χ0) is 9.90. The highest BCUT2D eigenvalue weighted by Gasteiger charge is 2.03. The van der Waals surface area contributed by atoms with Crippen LogP contribution in [0.25, 0.3) is 0 Å². The molecule has 10 heavy (non-hydrogen) atoms. The van der Waals surface area contributed by atoms with Gasteiger partial charge < -0.3 is 4.74 Å². The first-order valence-electron chi connectivity index (χ1n) is 3.98. The molecule has 0 saturated heterocycles. The lowest BCUT2D eigenvalue weighted by Crippen LogP contribution is -2.03. The number of hydrogen-bond donors (Lipinski definition) is 0. The molecule has 1 heterocycles. The van der Waals surface area contributed by atoms with Crippen molar-refractivity contribution in [3.63, 3.8) is 0 Å². The third-order valence-electron chi connectivity index (χ3n) is 0.865. The van der Waals surface area contributed by atoms with Gasteiger partial charge in [0.25, 0.3) is 0 Å². The molecule has 0 bridgehead atoms. The average Bonchev–Trinajstić information content (AvgIpc) is 2.03. The minimum Gasteiger partial charge on any atom is -0.464 e. The van der Waals surface area contributed by atoms with Gasteiger partial charge in [0.05, 0.1) is 17.3 Å². The molecule has 0 amide bonds. The normalized spacial score (nSPS) is 14.6. The molecule has 4 nitrogen and oxygen atoms in total. The number of hydrogen-bond acceptors (Lipinski definition) is 4. The first-order valence-corrected chi connectivity index (χ1v) is 2.48. The standard InChI is InChI=1S/C6H6N2O2/c1-10-6(9)5-4-7-2-3-8-5/h2-4H,1H3/i1D3. The lowest BCUT2D eigenvalue weighted by Gasteiger charge is -1.93. The smallest absolute Gasteiger partial charge is 0.358 e. The maximum absolute atomic E-state index is 11.0. The summed E-state index contributed by atoms with van der Waals surface area (Å²) in [7, 11) is -2.74. The van der Waals surface area contributed by atoms with Gasteiger partial charge in [0, 0.05) is 12.4 Å². The maximum Gasteiger partial charge on any atom is 0.358 e. The van der Waals surface area contributed by atoms with E-state index in [1.165, 1.54) is 12.4 Å². The molecular weight excluding hydrogens is 132 g/mol. The van der Waals surface area contributed by atoms with E-state index in [0.29, 0.717) is 0 Å². The van der Waals surface area contributed by atoms with E-state index in [1.807, 2.05) is 0 Å². The van der Waals surface area contributed by atoms with Gasteiger partial charge in [-0.2, -0.15) is 0 Å². The average molecular weight is 141 g/mol. The molecule has 0 unspecified atom stereocenters. The highest BCUT2D eigenvalue weighted by atomic mass is 16.5. The van der Waals surface area contributed by atoms with Crippen molar-refractivity contribution >= 4 is 5.97 Å². The van der Waals surface area contributed by atoms with E-state index >= 15 is 0 Å². The lowest BCUT2D eigenvalue weighted by atomic mass is 10.5. The molecule has 0 spiro atoms. The van der Waals surface area contributed by atoms with Crippen LogP contribution in [-0.2, 0) is 4.74 Å². The third kappa shape index (κ3) is 1.28. The summed E-state index contributed by atoms with van der Waals surface area (Å²) in [5.74, 6) is -1.01. The Morgan fingerprint density at radius 2 is 2.70 bits per heavy atom. The number of rotatable bonds is 1. The molecule has 0 aliphatic heterocycles. The fraction of sp³-hybridized carbons (Fsp3) is 0.167. The van der Waals surface area contributed by atoms with E-state index in [0.717, 1.165) is 6.20 Å². The second-order valence-electron chi connectivity index (χ2n) is 1.48. The predicted octanol–water partition coefficient (Wildman–Crippen LogP) is 0.263. The molecule has 0 atom stereocenters. The number of esters is 1. The number of ether oxygens (including phenoxy) is 1. The quantitative estimate of drug-likeness (QED) is 0.526. The van der Waals surface area contributed by atoms with Gasteiger partial charge in [0.15, 0.2) is 5.69 Å². The van der Waals surface area contributed by atoms with Crippen LogP contribution < -0.4 is 0 Å². The second kappa shape index (κ2) is 2.91. The Labute approximate surface area is 62.1 Å². The van der Waals surface area contributed by atoms with Crippen LogP contribution in [-0.4, -0.2) is 23.0 Å². The summed E-state index contributed by atoms with van der Waals surface area (Å²) in [6.45, 7) is 0. The van der Waals surface area contributed by atoms with Crippen molar-refractivity contribution in [1.82, 2.24) is 9.97 Å². The molecule has 0 aromatic carbocycles. The van der Waals surface area contributed by atoms with Crippen LogP contribution in [0.3, 0.4) is 0 Å². The summed E-state index contributed by atoms with van der Waals surface area (Å²) in [5.41, 5.74) is -0.126. The van der Waals surface area contributed by atoms with E-state index in [-0.39, 0.29) is 5.69 Å². The number of aromatic nitrogens is 2. The summed E-state index contributed by atoms with van der Waals surface area (Å²) >= 11 is 0. The fourth-order valence-corrected chi connectivity index (χ4v) is 0.457. The van der Waals surface area contributed by atoms with Crippen LogP contribution in [0.5, 0.6) is 0 Å². The number of carbonyl (C=O) groups excluding carboxylic acids is 1. The Morgan fingerprint density at radius 1 is 1.80 bits per heavy atom. The van der Waals surface area contributed by atoms with Gasteiger partial charge in [-0.05, 0) is 0 Å². The Balaban J connectivity index is 2.71. The molecule has 0 saturated carbocycles. The molecule has 0 aliphatic carbocycles. The zero-order valence-corrected chi connectivity index (χ0v) is 4.94. The summed E-state index contributed by atoms with van der Waals surface area (Å²) in [4.78, 5) is 18.1. The van der Waals surface area contributed by atoms with E-state index in [4.69, 9.17) is 4.11 Å². The molecule has 0 aliphatic rings. The molecule has 1 aromatic rings. The lowest BCUT2D eigenvalue weighted by molar-refractivity contribution is 0.0593. The first-order chi connectivity index (χ1) is 5.99. The zero-order valence-electron chi connectivity index (χ0n) is 7.94. The summed E-state index contributed by atoms with van der Waals surface area (Å²) < 4.78 is 24.0. The molecule has 0 radical (unpaired) electrons. The van der Waals surface area contributed by atoms with Gasteiger partial charge >= 0.3 is 5.97 Å². The van der Waals surface area contributed by atoms with Gasteiger partial charge in [-0.1, -0.05) is 0 Å². The van der Waals surface area contributed by atoms with Crippen molar-refractivity contribution in [2.75, 3.05) is 7.04 Å². The Kier molecular flexibility index (Phi) is 1.06. The van der Waals surface area contributed by atoms with Crippen LogP contribution in [0.1, 0.15) is 14.6 Å². The Bertz CT molecular complexity index is 298. The monoisotopic (exact) mass is 141 g/mol. The topological polar surface area (TPSA) is 52.1 Å². The molecule has 4 heteroatoms. The summed E-state index contributed by atoms with van der Waals surface area (Å²) in [5, 5.41) is 0. The van der Waals surface area contributed by atoms with Crippen molar-refractivity contribution in [2.45, 2.75) is 0 Å². The maximum atomic E-state index is 11.0. The van der Waals surface area contributed by atoms with Gasteiger partial charge in [0.2, 0.25) is 0 Å². The number of carbonyl (C=O) groups is 1.